The summed E-state index contributed by atoms with van der Waals surface area (Å²) < 4.78 is 5.88. The average Bonchev–Trinajstić information content (AvgIpc) is 3.45. The van der Waals surface area contributed by atoms with E-state index in [0.29, 0.717) is 36.4 Å². The third-order valence-corrected chi connectivity index (χ3v) is 6.34. The van der Waals surface area contributed by atoms with E-state index in [1.54, 1.807) is 11.3 Å². The number of nitro benzene ring substituents is 1. The summed E-state index contributed by atoms with van der Waals surface area (Å²) in [4.78, 5) is 36.6. The highest BCUT2D eigenvalue weighted by atomic mass is 32.1. The van der Waals surface area contributed by atoms with E-state index in [4.69, 9.17) is 4.42 Å². The van der Waals surface area contributed by atoms with Crippen LogP contribution in [0.1, 0.15) is 55.5 Å². The molecule has 170 valence electrons. The van der Waals surface area contributed by atoms with Crippen LogP contribution in [0.25, 0.3) is 0 Å². The van der Waals surface area contributed by atoms with Crippen molar-refractivity contribution in [2.75, 3.05) is 6.54 Å². The predicted octanol–water partition coefficient (Wildman–Crippen LogP) is 4.00. The summed E-state index contributed by atoms with van der Waals surface area (Å²) in [5, 5.41) is 20.0. The number of fused-ring (bicyclic) bond motifs is 1. The standard InChI is InChI=1S/C23H22N4O5S/c1-14-20-18(25-26-22(28)15-7-9-16(10-8-15)27(30)31)5-2-6-19(20)32-21(14)23(29)24-12-11-17-4-3-13-33-17/h3-4,7-10,13H,2,5-6,11-12H2,1H3,(H,24,29)(H,26,28)/b25-18+. The molecular weight excluding hydrogens is 444 g/mol. The van der Waals surface area contributed by atoms with Crippen LogP contribution >= 0.6 is 11.3 Å². The first-order chi connectivity index (χ1) is 15.9. The number of nitrogens with one attached hydrogen (secondary N) is 2. The highest BCUT2D eigenvalue weighted by Crippen LogP contribution is 2.30. The smallest absolute Gasteiger partial charge is 0.287 e. The Hall–Kier alpha value is -3.79. The quantitative estimate of drug-likeness (QED) is 0.402. The molecule has 9 nitrogen and oxygen atoms in total. The molecule has 2 aromatic heterocycles. The first-order valence-corrected chi connectivity index (χ1v) is 11.4. The number of hydrogen-bond donors (Lipinski definition) is 2. The van der Waals surface area contributed by atoms with Gasteiger partial charge in [-0.3, -0.25) is 19.7 Å². The largest absolute Gasteiger partial charge is 0.455 e. The van der Waals surface area contributed by atoms with Gasteiger partial charge in [0.2, 0.25) is 0 Å². The van der Waals surface area contributed by atoms with Crippen molar-refractivity contribution in [3.63, 3.8) is 0 Å². The van der Waals surface area contributed by atoms with Gasteiger partial charge in [0.1, 0.15) is 5.76 Å². The molecule has 1 aliphatic carbocycles. The zero-order valence-corrected chi connectivity index (χ0v) is 18.7. The summed E-state index contributed by atoms with van der Waals surface area (Å²) in [6, 6.07) is 9.30. The molecule has 0 bridgehead atoms. The first kappa shape index (κ1) is 22.4. The number of carbonyl (C=O) groups excluding carboxylic acids is 2. The van der Waals surface area contributed by atoms with E-state index in [2.05, 4.69) is 15.8 Å². The van der Waals surface area contributed by atoms with Gasteiger partial charge in [-0.15, -0.1) is 11.3 Å². The van der Waals surface area contributed by atoms with Crippen molar-refractivity contribution in [1.29, 1.82) is 0 Å². The number of hydrazone groups is 1. The SMILES string of the molecule is Cc1c(C(=O)NCCc2cccs2)oc2c1/C(=N/NC(=O)c1ccc([N+](=O)[O-])cc1)CCC2. The predicted molar refractivity (Wildman–Crippen MR) is 124 cm³/mol. The summed E-state index contributed by atoms with van der Waals surface area (Å²) in [6.07, 6.45) is 2.86. The van der Waals surface area contributed by atoms with Gasteiger partial charge in [0.15, 0.2) is 5.76 Å². The van der Waals surface area contributed by atoms with Crippen molar-refractivity contribution in [2.45, 2.75) is 32.6 Å². The molecule has 0 spiro atoms. The molecule has 0 saturated heterocycles. The molecule has 33 heavy (non-hydrogen) atoms. The number of amides is 2. The van der Waals surface area contributed by atoms with E-state index in [-0.39, 0.29) is 22.9 Å². The van der Waals surface area contributed by atoms with E-state index in [1.807, 2.05) is 24.4 Å². The summed E-state index contributed by atoms with van der Waals surface area (Å²) in [5.74, 6) is 0.206. The lowest BCUT2D eigenvalue weighted by molar-refractivity contribution is -0.384. The maximum absolute atomic E-state index is 12.7. The van der Waals surface area contributed by atoms with Crippen LogP contribution in [-0.2, 0) is 12.8 Å². The number of nitrogens with zero attached hydrogens (tertiary/aromatic N) is 2. The third kappa shape index (κ3) is 5.01. The number of nitro groups is 1. The van der Waals surface area contributed by atoms with Gasteiger partial charge >= 0.3 is 0 Å². The first-order valence-electron chi connectivity index (χ1n) is 10.5. The fraction of sp³-hybridized carbons (Fsp3) is 0.261. The van der Waals surface area contributed by atoms with Crippen molar-refractivity contribution in [3.8, 4) is 0 Å². The molecule has 0 fully saturated rings. The molecule has 2 N–H and O–H groups in total. The zero-order chi connectivity index (χ0) is 23.4. The van der Waals surface area contributed by atoms with Gasteiger partial charge in [0, 0.05) is 46.7 Å². The monoisotopic (exact) mass is 466 g/mol. The minimum absolute atomic E-state index is 0.0926. The van der Waals surface area contributed by atoms with Gasteiger partial charge < -0.3 is 9.73 Å². The van der Waals surface area contributed by atoms with E-state index < -0.39 is 10.8 Å². The maximum Gasteiger partial charge on any atom is 0.287 e. The molecule has 4 rings (SSSR count). The summed E-state index contributed by atoms with van der Waals surface area (Å²) in [5.41, 5.74) is 4.78. The maximum atomic E-state index is 12.7. The van der Waals surface area contributed by atoms with Crippen LogP contribution in [0.5, 0.6) is 0 Å². The minimum atomic E-state index is -0.525. The van der Waals surface area contributed by atoms with Gasteiger partial charge in [0.25, 0.3) is 17.5 Å². The average molecular weight is 467 g/mol. The van der Waals surface area contributed by atoms with Crippen LogP contribution in [0.4, 0.5) is 5.69 Å². The Labute approximate surface area is 193 Å². The number of non-ortho nitro benzene ring substituents is 1. The van der Waals surface area contributed by atoms with Crippen molar-refractivity contribution < 1.29 is 18.9 Å². The van der Waals surface area contributed by atoms with Crippen LogP contribution in [0, 0.1) is 17.0 Å². The van der Waals surface area contributed by atoms with Crippen LogP contribution < -0.4 is 10.7 Å². The second-order valence-electron chi connectivity index (χ2n) is 7.60. The molecule has 0 aliphatic heterocycles. The van der Waals surface area contributed by atoms with Gasteiger partial charge in [0.05, 0.1) is 10.6 Å². The lowest BCUT2D eigenvalue weighted by Crippen LogP contribution is -2.26. The summed E-state index contributed by atoms with van der Waals surface area (Å²) in [6.45, 7) is 2.33. The van der Waals surface area contributed by atoms with Crippen molar-refractivity contribution >= 4 is 34.6 Å². The topological polar surface area (TPSA) is 127 Å². The molecule has 1 aliphatic rings. The van der Waals surface area contributed by atoms with E-state index in [0.717, 1.165) is 18.4 Å². The molecule has 3 aromatic rings. The fourth-order valence-electron chi connectivity index (χ4n) is 3.75. The van der Waals surface area contributed by atoms with Crippen molar-refractivity contribution in [3.05, 3.63) is 85.0 Å². The number of thiophene rings is 1. The Bertz CT molecular complexity index is 1210. The molecule has 0 atom stereocenters. The molecule has 2 amide bonds. The number of carbonyl (C=O) groups is 2. The van der Waals surface area contributed by atoms with Crippen LogP contribution in [0.3, 0.4) is 0 Å². The second kappa shape index (κ2) is 9.78. The van der Waals surface area contributed by atoms with Crippen LogP contribution in [0.15, 0.2) is 51.3 Å². The van der Waals surface area contributed by atoms with Crippen molar-refractivity contribution in [2.24, 2.45) is 5.10 Å². The Morgan fingerprint density at radius 1 is 1.18 bits per heavy atom. The van der Waals surface area contributed by atoms with E-state index >= 15 is 0 Å². The lowest BCUT2D eigenvalue weighted by atomic mass is 9.93. The van der Waals surface area contributed by atoms with Crippen LogP contribution in [-0.4, -0.2) is 29.0 Å². The van der Waals surface area contributed by atoms with Crippen LogP contribution in [0.2, 0.25) is 0 Å². The molecule has 10 heteroatoms. The molecule has 0 saturated carbocycles. The minimum Gasteiger partial charge on any atom is -0.455 e. The van der Waals surface area contributed by atoms with E-state index in [1.165, 1.54) is 29.1 Å². The number of rotatable bonds is 7. The van der Waals surface area contributed by atoms with Gasteiger partial charge in [-0.05, 0) is 49.8 Å². The second-order valence-corrected chi connectivity index (χ2v) is 8.63. The highest BCUT2D eigenvalue weighted by Gasteiger charge is 2.28. The van der Waals surface area contributed by atoms with Crippen molar-refractivity contribution in [1.82, 2.24) is 10.7 Å². The zero-order valence-electron chi connectivity index (χ0n) is 17.9. The number of hydrogen-bond acceptors (Lipinski definition) is 7. The molecule has 1 aromatic carbocycles. The Kier molecular flexibility index (Phi) is 6.64. The van der Waals surface area contributed by atoms with Gasteiger partial charge in [-0.1, -0.05) is 6.07 Å². The third-order valence-electron chi connectivity index (χ3n) is 5.40. The Morgan fingerprint density at radius 3 is 2.67 bits per heavy atom. The molecule has 0 unspecified atom stereocenters. The number of benzene rings is 1. The Balaban J connectivity index is 1.46. The summed E-state index contributed by atoms with van der Waals surface area (Å²) >= 11 is 1.65. The molecule has 2 heterocycles. The van der Waals surface area contributed by atoms with Gasteiger partial charge in [-0.25, -0.2) is 5.43 Å². The summed E-state index contributed by atoms with van der Waals surface area (Å²) in [7, 11) is 0. The van der Waals surface area contributed by atoms with E-state index in [9.17, 15) is 19.7 Å². The normalized spacial score (nSPS) is 14.0. The fourth-order valence-corrected chi connectivity index (χ4v) is 4.46. The Morgan fingerprint density at radius 2 is 1.97 bits per heavy atom. The molecule has 0 radical (unpaired) electrons. The van der Waals surface area contributed by atoms with Gasteiger partial charge in [-0.2, -0.15) is 5.10 Å². The lowest BCUT2D eigenvalue weighted by Gasteiger charge is -2.13. The highest BCUT2D eigenvalue weighted by molar-refractivity contribution is 7.09. The molecular formula is C23H22N4O5S. The number of furan rings is 1. The number of aryl methyl sites for hydroxylation is 1.